The summed E-state index contributed by atoms with van der Waals surface area (Å²) in [7, 11) is -3.94. The number of aromatic amines is 1. The number of para-hydroxylation sites is 1. The lowest BCUT2D eigenvalue weighted by atomic mass is 10.1. The minimum atomic E-state index is -3.94. The van der Waals surface area contributed by atoms with Crippen molar-refractivity contribution in [3.05, 3.63) is 57.0 Å². The summed E-state index contributed by atoms with van der Waals surface area (Å²) in [5.41, 5.74) is 2.69. The number of hydrogen-bond acceptors (Lipinski definition) is 4. The number of anilines is 1. The van der Waals surface area contributed by atoms with Gasteiger partial charge in [-0.2, -0.15) is 0 Å². The molecule has 0 unspecified atom stereocenters. The molecule has 0 atom stereocenters. The molecule has 0 bridgehead atoms. The summed E-state index contributed by atoms with van der Waals surface area (Å²) in [6.45, 7) is 3.77. The van der Waals surface area contributed by atoms with Crippen molar-refractivity contribution in [1.82, 2.24) is 4.98 Å². The van der Waals surface area contributed by atoms with E-state index < -0.39 is 15.8 Å². The normalized spacial score (nSPS) is 11.8. The van der Waals surface area contributed by atoms with Crippen molar-refractivity contribution in [3.63, 3.8) is 0 Å². The van der Waals surface area contributed by atoms with Crippen LogP contribution in [-0.2, 0) is 16.4 Å². The topological polar surface area (TPSA) is 92.2 Å². The summed E-state index contributed by atoms with van der Waals surface area (Å²) < 4.78 is 33.0. The second kappa shape index (κ2) is 5.99. The molecule has 0 aliphatic heterocycles. The van der Waals surface area contributed by atoms with Gasteiger partial charge in [-0.05, 0) is 30.5 Å². The Hall–Kier alpha value is -2.25. The number of nitrogens with one attached hydrogen (secondary N) is 2. The van der Waals surface area contributed by atoms with Crippen LogP contribution in [0.25, 0.3) is 11.1 Å². The second-order valence-electron chi connectivity index (χ2n) is 5.36. The van der Waals surface area contributed by atoms with Crippen molar-refractivity contribution < 1.29 is 12.8 Å². The van der Waals surface area contributed by atoms with Gasteiger partial charge in [0.15, 0.2) is 5.58 Å². The summed E-state index contributed by atoms with van der Waals surface area (Å²) >= 11 is 6.09. The maximum Gasteiger partial charge on any atom is 0.417 e. The summed E-state index contributed by atoms with van der Waals surface area (Å²) in [6, 6.07) is 8.16. The number of rotatable bonds is 4. The summed E-state index contributed by atoms with van der Waals surface area (Å²) in [5, 5.41) is -0.00122. The Labute approximate surface area is 143 Å². The zero-order valence-electron chi connectivity index (χ0n) is 13.0. The lowest BCUT2D eigenvalue weighted by Crippen LogP contribution is -2.15. The van der Waals surface area contributed by atoms with Crippen molar-refractivity contribution in [2.75, 3.05) is 4.72 Å². The van der Waals surface area contributed by atoms with Gasteiger partial charge in [0.2, 0.25) is 0 Å². The van der Waals surface area contributed by atoms with Gasteiger partial charge in [-0.15, -0.1) is 0 Å². The number of halogens is 1. The first kappa shape index (κ1) is 16.6. The van der Waals surface area contributed by atoms with E-state index in [2.05, 4.69) is 9.71 Å². The van der Waals surface area contributed by atoms with Gasteiger partial charge in [0.05, 0.1) is 16.2 Å². The molecule has 0 amide bonds. The van der Waals surface area contributed by atoms with Gasteiger partial charge in [-0.3, -0.25) is 9.71 Å². The number of benzene rings is 2. The minimum Gasteiger partial charge on any atom is -0.408 e. The van der Waals surface area contributed by atoms with E-state index in [1.807, 2.05) is 32.0 Å². The molecule has 6 nitrogen and oxygen atoms in total. The van der Waals surface area contributed by atoms with Crippen molar-refractivity contribution in [2.24, 2.45) is 0 Å². The SMILES string of the molecule is CCc1cccc(C)c1NS(=O)(=O)c1cc2oc(=O)[nH]c2cc1Cl. The maximum absolute atomic E-state index is 12.8. The molecule has 2 N–H and O–H groups in total. The van der Waals surface area contributed by atoms with Crippen molar-refractivity contribution in [1.29, 1.82) is 0 Å². The average molecular weight is 367 g/mol. The fourth-order valence-electron chi connectivity index (χ4n) is 2.52. The van der Waals surface area contributed by atoms with Crippen LogP contribution in [0, 0.1) is 6.92 Å². The number of hydrogen-bond donors (Lipinski definition) is 2. The van der Waals surface area contributed by atoms with Crippen LogP contribution in [0.5, 0.6) is 0 Å². The third-order valence-corrected chi connectivity index (χ3v) is 5.55. The van der Waals surface area contributed by atoms with Gasteiger partial charge < -0.3 is 4.42 Å². The first-order chi connectivity index (χ1) is 11.3. The molecule has 126 valence electrons. The van der Waals surface area contributed by atoms with Crippen LogP contribution >= 0.6 is 11.6 Å². The molecule has 0 aliphatic carbocycles. The zero-order valence-corrected chi connectivity index (χ0v) is 14.6. The van der Waals surface area contributed by atoms with Gasteiger partial charge >= 0.3 is 5.76 Å². The molecule has 0 aliphatic rings. The van der Waals surface area contributed by atoms with Crippen LogP contribution in [0.4, 0.5) is 5.69 Å². The maximum atomic E-state index is 12.8. The van der Waals surface area contributed by atoms with Crippen LogP contribution in [0.15, 0.2) is 44.4 Å². The lowest BCUT2D eigenvalue weighted by Gasteiger charge is -2.15. The van der Waals surface area contributed by atoms with Gasteiger partial charge in [0.1, 0.15) is 4.90 Å². The molecule has 0 radical (unpaired) electrons. The fourth-order valence-corrected chi connectivity index (χ4v) is 4.23. The van der Waals surface area contributed by atoms with Crippen LogP contribution in [-0.4, -0.2) is 13.4 Å². The number of aryl methyl sites for hydroxylation is 2. The predicted molar refractivity (Wildman–Crippen MR) is 93.2 cm³/mol. The lowest BCUT2D eigenvalue weighted by molar-refractivity contribution is 0.554. The molecular formula is C16H15ClN2O4S. The number of aromatic nitrogens is 1. The highest BCUT2D eigenvalue weighted by molar-refractivity contribution is 7.92. The molecule has 1 heterocycles. The standard InChI is InChI=1S/C16H15ClN2O4S/c1-3-10-6-4-5-9(2)15(10)19-24(21,22)14-8-13-12(7-11(14)17)18-16(20)23-13/h4-8,19H,3H2,1-2H3,(H,18,20). The molecule has 0 saturated carbocycles. The van der Waals surface area contributed by atoms with Gasteiger partial charge in [-0.25, -0.2) is 13.2 Å². The van der Waals surface area contributed by atoms with Crippen LogP contribution in [0.1, 0.15) is 18.1 Å². The van der Waals surface area contributed by atoms with E-state index in [-0.39, 0.29) is 15.5 Å². The molecule has 3 aromatic rings. The Morgan fingerprint density at radius 3 is 2.75 bits per heavy atom. The fraction of sp³-hybridized carbons (Fsp3) is 0.188. The van der Waals surface area contributed by atoms with Crippen LogP contribution in [0.3, 0.4) is 0 Å². The van der Waals surface area contributed by atoms with Crippen molar-refractivity contribution in [3.8, 4) is 0 Å². The predicted octanol–water partition coefficient (Wildman–Crippen LogP) is 3.45. The minimum absolute atomic E-state index is 0.00122. The Bertz CT molecular complexity index is 1080. The van der Waals surface area contributed by atoms with Gasteiger partial charge in [-0.1, -0.05) is 36.7 Å². The van der Waals surface area contributed by atoms with E-state index in [4.69, 9.17) is 16.0 Å². The largest absolute Gasteiger partial charge is 0.417 e. The number of fused-ring (bicyclic) bond motifs is 1. The van der Waals surface area contributed by atoms with E-state index in [1.165, 1.54) is 12.1 Å². The molecule has 0 spiro atoms. The Morgan fingerprint density at radius 2 is 2.04 bits per heavy atom. The highest BCUT2D eigenvalue weighted by Crippen LogP contribution is 2.30. The first-order valence-electron chi connectivity index (χ1n) is 7.25. The Morgan fingerprint density at radius 1 is 1.29 bits per heavy atom. The summed E-state index contributed by atoms with van der Waals surface area (Å²) in [6.07, 6.45) is 0.680. The molecule has 8 heteroatoms. The smallest absolute Gasteiger partial charge is 0.408 e. The van der Waals surface area contributed by atoms with E-state index in [0.717, 1.165) is 11.1 Å². The number of oxazole rings is 1. The Kier molecular flexibility index (Phi) is 4.15. The van der Waals surface area contributed by atoms with E-state index >= 15 is 0 Å². The van der Waals surface area contributed by atoms with Crippen LogP contribution < -0.4 is 10.5 Å². The van der Waals surface area contributed by atoms with Crippen LogP contribution in [0.2, 0.25) is 5.02 Å². The van der Waals surface area contributed by atoms with Gasteiger partial charge in [0.25, 0.3) is 10.0 Å². The Balaban J connectivity index is 2.12. The van der Waals surface area contributed by atoms with Crippen molar-refractivity contribution in [2.45, 2.75) is 25.2 Å². The second-order valence-corrected chi connectivity index (χ2v) is 7.42. The summed E-state index contributed by atoms with van der Waals surface area (Å²) in [4.78, 5) is 13.5. The third-order valence-electron chi connectivity index (χ3n) is 3.74. The molecule has 1 aromatic heterocycles. The molecule has 0 saturated heterocycles. The summed E-state index contributed by atoms with van der Waals surface area (Å²) in [5.74, 6) is -0.671. The zero-order chi connectivity index (χ0) is 17.5. The number of H-pyrrole nitrogens is 1. The highest BCUT2D eigenvalue weighted by Gasteiger charge is 2.22. The third kappa shape index (κ3) is 2.92. The molecule has 3 rings (SSSR count). The number of sulfonamides is 1. The van der Waals surface area contributed by atoms with Gasteiger partial charge in [0, 0.05) is 6.07 Å². The van der Waals surface area contributed by atoms with E-state index in [0.29, 0.717) is 17.6 Å². The average Bonchev–Trinajstić information content (AvgIpc) is 2.87. The van der Waals surface area contributed by atoms with E-state index in [1.54, 1.807) is 0 Å². The molecule has 24 heavy (non-hydrogen) atoms. The molecule has 2 aromatic carbocycles. The molecule has 0 fully saturated rings. The monoisotopic (exact) mass is 366 g/mol. The highest BCUT2D eigenvalue weighted by atomic mass is 35.5. The first-order valence-corrected chi connectivity index (χ1v) is 9.11. The van der Waals surface area contributed by atoms with E-state index in [9.17, 15) is 13.2 Å². The molecular weight excluding hydrogens is 352 g/mol. The quantitative estimate of drug-likeness (QED) is 0.739. The van der Waals surface area contributed by atoms with Crippen molar-refractivity contribution >= 4 is 38.4 Å².